The third kappa shape index (κ3) is 4.12. The average molecular weight is 350 g/mol. The van der Waals surface area contributed by atoms with Crippen LogP contribution in [0.3, 0.4) is 0 Å². The molecule has 0 aromatic carbocycles. The third-order valence-corrected chi connectivity index (χ3v) is 5.88. The predicted octanol–water partition coefficient (Wildman–Crippen LogP) is 5.63. The molecule has 3 rings (SSSR count). The van der Waals surface area contributed by atoms with Gasteiger partial charge in [-0.15, -0.1) is 11.3 Å². The number of thiophene rings is 1. The first-order chi connectivity index (χ1) is 11.1. The van der Waals surface area contributed by atoms with Crippen molar-refractivity contribution in [3.8, 4) is 5.88 Å². The summed E-state index contributed by atoms with van der Waals surface area (Å²) in [4.78, 5) is 17.6. The van der Waals surface area contributed by atoms with Crippen LogP contribution in [0.15, 0.2) is 24.3 Å². The van der Waals surface area contributed by atoms with Crippen LogP contribution in [0, 0.1) is 0 Å². The highest BCUT2D eigenvalue weighted by molar-refractivity contribution is 7.14. The van der Waals surface area contributed by atoms with Crippen molar-refractivity contribution >= 4 is 28.7 Å². The molecule has 2 heterocycles. The normalized spacial score (nSPS) is 15.6. The number of carbonyl (C=O) groups excluding carboxylic acids is 1. The van der Waals surface area contributed by atoms with Crippen molar-refractivity contribution in [3.63, 3.8) is 0 Å². The topological polar surface area (TPSA) is 39.2 Å². The van der Waals surface area contributed by atoms with Gasteiger partial charge in [-0.05, 0) is 31.9 Å². The van der Waals surface area contributed by atoms with Crippen LogP contribution < -0.4 is 4.74 Å². The minimum Gasteiger partial charge on any atom is -0.472 e. The second kappa shape index (κ2) is 7.45. The Hall–Kier alpha value is -1.39. The molecule has 0 radical (unpaired) electrons. The highest BCUT2D eigenvalue weighted by Gasteiger charge is 2.17. The fourth-order valence-electron chi connectivity index (χ4n) is 2.95. The maximum atomic E-state index is 11.4. The number of hydrogen-bond acceptors (Lipinski definition) is 4. The molecule has 23 heavy (non-hydrogen) atoms. The van der Waals surface area contributed by atoms with Gasteiger partial charge in [0.2, 0.25) is 5.88 Å². The van der Waals surface area contributed by atoms with E-state index in [-0.39, 0.29) is 5.78 Å². The van der Waals surface area contributed by atoms with Gasteiger partial charge in [-0.2, -0.15) is 0 Å². The van der Waals surface area contributed by atoms with Crippen molar-refractivity contribution in [2.45, 2.75) is 51.6 Å². The highest BCUT2D eigenvalue weighted by atomic mass is 35.5. The van der Waals surface area contributed by atoms with Crippen molar-refractivity contribution in [2.24, 2.45) is 0 Å². The number of Topliss-reactive ketones (excluding diaryl/α,β-unsaturated/α-hetero) is 1. The molecule has 1 aliphatic rings. The maximum absolute atomic E-state index is 11.4. The molecule has 0 aliphatic heterocycles. The minimum absolute atomic E-state index is 0.0283. The molecule has 0 spiro atoms. The van der Waals surface area contributed by atoms with Gasteiger partial charge in [0.25, 0.3) is 0 Å². The number of hydrogen-bond donors (Lipinski definition) is 0. The fourth-order valence-corrected chi connectivity index (χ4v) is 4.16. The van der Waals surface area contributed by atoms with E-state index in [9.17, 15) is 4.79 Å². The Morgan fingerprint density at radius 3 is 2.83 bits per heavy atom. The van der Waals surface area contributed by atoms with Crippen molar-refractivity contribution in [1.82, 2.24) is 4.98 Å². The number of rotatable bonds is 5. The van der Waals surface area contributed by atoms with Crippen LogP contribution in [0.4, 0.5) is 0 Å². The number of aromatic nitrogens is 1. The molecule has 0 N–H and O–H groups in total. The second-order valence-electron chi connectivity index (χ2n) is 5.96. The van der Waals surface area contributed by atoms with Gasteiger partial charge in [0, 0.05) is 17.7 Å². The number of carbonyl (C=O) groups is 1. The van der Waals surface area contributed by atoms with Crippen molar-refractivity contribution < 1.29 is 9.53 Å². The van der Waals surface area contributed by atoms with Crippen LogP contribution in [0.2, 0.25) is 5.02 Å². The lowest BCUT2D eigenvalue weighted by Gasteiger charge is -2.21. The highest BCUT2D eigenvalue weighted by Crippen LogP contribution is 2.33. The Kier molecular flexibility index (Phi) is 5.34. The number of halogens is 1. The maximum Gasteiger partial charge on any atom is 0.213 e. The Bertz CT molecular complexity index is 692. The van der Waals surface area contributed by atoms with Crippen molar-refractivity contribution in [2.75, 3.05) is 0 Å². The second-order valence-corrected chi connectivity index (χ2v) is 7.51. The predicted molar refractivity (Wildman–Crippen MR) is 93.7 cm³/mol. The summed E-state index contributed by atoms with van der Waals surface area (Å²) in [7, 11) is 0. The monoisotopic (exact) mass is 349 g/mol. The van der Waals surface area contributed by atoms with Crippen LogP contribution in [-0.2, 0) is 6.61 Å². The molecule has 2 aromatic heterocycles. The van der Waals surface area contributed by atoms with E-state index < -0.39 is 0 Å². The molecule has 0 bridgehead atoms. The summed E-state index contributed by atoms with van der Waals surface area (Å²) >= 11 is 7.55. The van der Waals surface area contributed by atoms with Crippen LogP contribution in [0.1, 0.15) is 65.2 Å². The summed E-state index contributed by atoms with van der Waals surface area (Å²) in [6.45, 7) is 1.89. The van der Waals surface area contributed by atoms with E-state index in [1.54, 1.807) is 13.0 Å². The third-order valence-electron chi connectivity index (χ3n) is 4.22. The van der Waals surface area contributed by atoms with E-state index >= 15 is 0 Å². The molecule has 5 heteroatoms. The first-order valence-electron chi connectivity index (χ1n) is 8.02. The largest absolute Gasteiger partial charge is 0.472 e. The van der Waals surface area contributed by atoms with Gasteiger partial charge in [-0.25, -0.2) is 4.98 Å². The van der Waals surface area contributed by atoms with Crippen LogP contribution in [-0.4, -0.2) is 10.8 Å². The van der Waals surface area contributed by atoms with Gasteiger partial charge < -0.3 is 4.74 Å². The van der Waals surface area contributed by atoms with E-state index in [0.717, 1.165) is 10.6 Å². The smallest absolute Gasteiger partial charge is 0.213 e. The molecule has 1 fully saturated rings. The molecule has 3 nitrogen and oxygen atoms in total. The fraction of sp³-hybridized carbons (Fsp3) is 0.444. The lowest BCUT2D eigenvalue weighted by Crippen LogP contribution is -2.07. The molecule has 1 saturated carbocycles. The van der Waals surface area contributed by atoms with Crippen molar-refractivity contribution in [3.05, 3.63) is 44.7 Å². The molecule has 1 aliphatic carbocycles. The summed E-state index contributed by atoms with van der Waals surface area (Å²) in [5, 5.41) is 0.587. The number of ketones is 1. The SMILES string of the molecule is CC(=O)c1cc(Cl)c(COc2cccc(C3CCCCC3)n2)s1. The Balaban J connectivity index is 1.67. The zero-order chi connectivity index (χ0) is 16.2. The lowest BCUT2D eigenvalue weighted by molar-refractivity contribution is 0.102. The van der Waals surface area contributed by atoms with Gasteiger partial charge in [0.1, 0.15) is 6.61 Å². The number of pyridine rings is 1. The van der Waals surface area contributed by atoms with Gasteiger partial charge in [-0.1, -0.05) is 36.9 Å². The Labute approximate surface area is 145 Å². The first-order valence-corrected chi connectivity index (χ1v) is 9.22. The zero-order valence-corrected chi connectivity index (χ0v) is 14.8. The molecular formula is C18H20ClNO2S. The minimum atomic E-state index is 0.0283. The molecule has 0 amide bonds. The summed E-state index contributed by atoms with van der Waals surface area (Å²) in [6, 6.07) is 7.68. The molecular weight excluding hydrogens is 330 g/mol. The Morgan fingerprint density at radius 1 is 1.35 bits per heavy atom. The summed E-state index contributed by atoms with van der Waals surface area (Å²) in [5.74, 6) is 1.21. The van der Waals surface area contributed by atoms with E-state index in [4.69, 9.17) is 16.3 Å². The zero-order valence-electron chi connectivity index (χ0n) is 13.2. The van der Waals surface area contributed by atoms with Crippen LogP contribution in [0.25, 0.3) is 0 Å². The summed E-state index contributed by atoms with van der Waals surface area (Å²) in [5.41, 5.74) is 1.13. The number of ether oxygens (including phenoxy) is 1. The van der Waals surface area contributed by atoms with Gasteiger partial charge in [0.05, 0.1) is 14.8 Å². The average Bonchev–Trinajstić information content (AvgIpc) is 2.95. The summed E-state index contributed by atoms with van der Waals surface area (Å²) in [6.07, 6.45) is 6.35. The van der Waals surface area contributed by atoms with E-state index in [1.165, 1.54) is 43.4 Å². The molecule has 0 saturated heterocycles. The standard InChI is InChI=1S/C18H20ClNO2S/c1-12(21)16-10-14(19)17(23-16)11-22-18-9-5-8-15(20-18)13-6-3-2-4-7-13/h5,8-10,13H,2-4,6-7,11H2,1H3. The number of nitrogens with zero attached hydrogens (tertiary/aromatic N) is 1. The summed E-state index contributed by atoms with van der Waals surface area (Å²) < 4.78 is 5.80. The lowest BCUT2D eigenvalue weighted by atomic mass is 9.87. The van der Waals surface area contributed by atoms with Gasteiger partial charge in [-0.3, -0.25) is 4.79 Å². The van der Waals surface area contributed by atoms with E-state index in [1.807, 2.05) is 12.1 Å². The van der Waals surface area contributed by atoms with Crippen molar-refractivity contribution in [1.29, 1.82) is 0 Å². The first kappa shape index (κ1) is 16.5. The quantitative estimate of drug-likeness (QED) is 0.657. The Morgan fingerprint density at radius 2 is 2.13 bits per heavy atom. The molecule has 122 valence electrons. The molecule has 0 unspecified atom stereocenters. The van der Waals surface area contributed by atoms with E-state index in [2.05, 4.69) is 11.1 Å². The molecule has 0 atom stereocenters. The van der Waals surface area contributed by atoms with Crippen LogP contribution >= 0.6 is 22.9 Å². The van der Waals surface area contributed by atoms with Crippen LogP contribution in [0.5, 0.6) is 5.88 Å². The van der Waals surface area contributed by atoms with E-state index in [0.29, 0.717) is 28.3 Å². The van der Waals surface area contributed by atoms with Gasteiger partial charge in [0.15, 0.2) is 5.78 Å². The molecule has 2 aromatic rings. The van der Waals surface area contributed by atoms with Gasteiger partial charge >= 0.3 is 0 Å².